The lowest BCUT2D eigenvalue weighted by atomic mass is 10.3. The Hall–Kier alpha value is -1.90. The van der Waals surface area contributed by atoms with E-state index in [-0.39, 0.29) is 0 Å². The van der Waals surface area contributed by atoms with E-state index in [1.807, 2.05) is 17.7 Å². The van der Waals surface area contributed by atoms with Crippen molar-refractivity contribution in [3.05, 3.63) is 41.4 Å². The molecule has 2 aromatic rings. The van der Waals surface area contributed by atoms with Crippen molar-refractivity contribution in [3.8, 4) is 5.69 Å². The van der Waals surface area contributed by atoms with Crippen LogP contribution in [0.15, 0.2) is 35.6 Å². The van der Waals surface area contributed by atoms with Crippen molar-refractivity contribution < 1.29 is 4.79 Å². The normalized spacial score (nSPS) is 9.88. The molecule has 0 atom stereocenters. The van der Waals surface area contributed by atoms with Gasteiger partial charge in [-0.15, -0.1) is 0 Å². The van der Waals surface area contributed by atoms with Crippen molar-refractivity contribution in [3.63, 3.8) is 0 Å². The molecule has 0 aliphatic heterocycles. The maximum atomic E-state index is 10.1. The predicted octanol–water partition coefficient (Wildman–Crippen LogP) is 2.80. The summed E-state index contributed by atoms with van der Waals surface area (Å²) in [7, 11) is 0. The van der Waals surface area contributed by atoms with Gasteiger partial charge in [0.25, 0.3) is 0 Å². The van der Waals surface area contributed by atoms with E-state index in [9.17, 15) is 4.79 Å². The molecule has 4 nitrogen and oxygen atoms in total. The molecule has 0 saturated carbocycles. The number of rotatable bonds is 2. The number of isocyanates is 1. The molecule has 16 heavy (non-hydrogen) atoms. The van der Waals surface area contributed by atoms with Gasteiger partial charge < -0.3 is 4.57 Å². The Labute approximate surface area is 97.2 Å². The molecular formula is C11H8ClN3O. The zero-order valence-electron chi connectivity index (χ0n) is 8.51. The van der Waals surface area contributed by atoms with Crippen LogP contribution in [-0.4, -0.2) is 15.6 Å². The van der Waals surface area contributed by atoms with Crippen LogP contribution in [0.4, 0.5) is 5.69 Å². The summed E-state index contributed by atoms with van der Waals surface area (Å²) in [5, 5.41) is 0.512. The maximum Gasteiger partial charge on any atom is 0.240 e. The number of carbonyl (C=O) groups excluding carboxylic acids is 1. The fourth-order valence-corrected chi connectivity index (χ4v) is 1.71. The van der Waals surface area contributed by atoms with Crippen LogP contribution in [0, 0.1) is 6.92 Å². The molecule has 0 aliphatic carbocycles. The molecule has 2 rings (SSSR count). The lowest BCUT2D eigenvalue weighted by molar-refractivity contribution is 0.565. The van der Waals surface area contributed by atoms with E-state index in [0.717, 1.165) is 11.5 Å². The van der Waals surface area contributed by atoms with Gasteiger partial charge in [0.15, 0.2) is 0 Å². The van der Waals surface area contributed by atoms with Crippen molar-refractivity contribution in [2.24, 2.45) is 4.99 Å². The quantitative estimate of drug-likeness (QED) is 0.592. The first kappa shape index (κ1) is 10.6. The zero-order chi connectivity index (χ0) is 11.5. The molecular weight excluding hydrogens is 226 g/mol. The smallest absolute Gasteiger partial charge is 0.240 e. The largest absolute Gasteiger partial charge is 0.302 e. The number of imidazole rings is 1. The summed E-state index contributed by atoms with van der Waals surface area (Å²) in [5.74, 6) is 0.841. The van der Waals surface area contributed by atoms with Gasteiger partial charge in [0.05, 0.1) is 16.4 Å². The van der Waals surface area contributed by atoms with Crippen LogP contribution in [0.1, 0.15) is 5.82 Å². The molecule has 0 N–H and O–H groups in total. The summed E-state index contributed by atoms with van der Waals surface area (Å²) in [6.45, 7) is 1.88. The van der Waals surface area contributed by atoms with E-state index in [1.165, 1.54) is 6.08 Å². The van der Waals surface area contributed by atoms with Gasteiger partial charge in [0.2, 0.25) is 6.08 Å². The van der Waals surface area contributed by atoms with Gasteiger partial charge in [0, 0.05) is 12.4 Å². The van der Waals surface area contributed by atoms with Crippen LogP contribution < -0.4 is 0 Å². The highest BCUT2D eigenvalue weighted by molar-refractivity contribution is 6.32. The first-order valence-corrected chi connectivity index (χ1v) is 4.98. The number of hydrogen-bond acceptors (Lipinski definition) is 3. The van der Waals surface area contributed by atoms with E-state index in [0.29, 0.717) is 10.7 Å². The molecule has 1 aromatic heterocycles. The van der Waals surface area contributed by atoms with Gasteiger partial charge in [-0.3, -0.25) is 0 Å². The molecule has 0 amide bonds. The second-order valence-corrected chi connectivity index (χ2v) is 3.59. The van der Waals surface area contributed by atoms with Gasteiger partial charge in [-0.2, -0.15) is 4.99 Å². The summed E-state index contributed by atoms with van der Waals surface area (Å²) >= 11 is 6.09. The van der Waals surface area contributed by atoms with Crippen LogP contribution in [-0.2, 0) is 4.79 Å². The van der Waals surface area contributed by atoms with E-state index in [4.69, 9.17) is 11.6 Å². The number of halogens is 1. The highest BCUT2D eigenvalue weighted by atomic mass is 35.5. The minimum atomic E-state index is 0.488. The fraction of sp³-hybridized carbons (Fsp3) is 0.0909. The minimum Gasteiger partial charge on any atom is -0.302 e. The lowest BCUT2D eigenvalue weighted by Crippen LogP contribution is -1.95. The Morgan fingerprint density at radius 2 is 2.31 bits per heavy atom. The molecule has 0 unspecified atom stereocenters. The van der Waals surface area contributed by atoms with Crippen LogP contribution >= 0.6 is 11.6 Å². The van der Waals surface area contributed by atoms with Crippen molar-refractivity contribution in [1.29, 1.82) is 0 Å². The number of aliphatic imine (C=N–C) groups is 1. The highest BCUT2D eigenvalue weighted by Gasteiger charge is 2.05. The van der Waals surface area contributed by atoms with E-state index < -0.39 is 0 Å². The topological polar surface area (TPSA) is 47.2 Å². The second kappa shape index (κ2) is 4.31. The van der Waals surface area contributed by atoms with Gasteiger partial charge in [0.1, 0.15) is 5.82 Å². The molecule has 0 radical (unpaired) electrons. The molecule has 0 bridgehead atoms. The lowest BCUT2D eigenvalue weighted by Gasteiger charge is -2.07. The SMILES string of the molecule is Cc1nccn1-c1ccc(N=C=O)cc1Cl. The summed E-state index contributed by atoms with van der Waals surface area (Å²) in [5.41, 5.74) is 1.29. The van der Waals surface area contributed by atoms with Crippen molar-refractivity contribution in [2.45, 2.75) is 6.92 Å². The molecule has 0 saturated heterocycles. The van der Waals surface area contributed by atoms with Crippen LogP contribution in [0.2, 0.25) is 5.02 Å². The third-order valence-corrected chi connectivity index (χ3v) is 2.49. The second-order valence-electron chi connectivity index (χ2n) is 3.18. The predicted molar refractivity (Wildman–Crippen MR) is 61.1 cm³/mol. The average molecular weight is 234 g/mol. The molecule has 5 heteroatoms. The Morgan fingerprint density at radius 1 is 1.50 bits per heavy atom. The third-order valence-electron chi connectivity index (χ3n) is 2.19. The van der Waals surface area contributed by atoms with Crippen molar-refractivity contribution in [1.82, 2.24) is 9.55 Å². The Morgan fingerprint density at radius 3 is 2.88 bits per heavy atom. The Balaban J connectivity index is 2.52. The Bertz CT molecular complexity index is 570. The van der Waals surface area contributed by atoms with E-state index in [2.05, 4.69) is 9.98 Å². The number of benzene rings is 1. The number of aromatic nitrogens is 2. The summed E-state index contributed by atoms with van der Waals surface area (Å²) in [4.78, 5) is 17.7. The molecule has 80 valence electrons. The van der Waals surface area contributed by atoms with E-state index >= 15 is 0 Å². The summed E-state index contributed by atoms with van der Waals surface area (Å²) < 4.78 is 1.86. The summed E-state index contributed by atoms with van der Waals surface area (Å²) in [6.07, 6.45) is 4.99. The fourth-order valence-electron chi connectivity index (χ4n) is 1.45. The van der Waals surface area contributed by atoms with Gasteiger partial charge in [-0.1, -0.05) is 11.6 Å². The van der Waals surface area contributed by atoms with Crippen LogP contribution in [0.3, 0.4) is 0 Å². The summed E-state index contributed by atoms with van der Waals surface area (Å²) in [6, 6.07) is 5.10. The monoisotopic (exact) mass is 233 g/mol. The molecule has 0 aliphatic rings. The van der Waals surface area contributed by atoms with Crippen molar-refractivity contribution in [2.75, 3.05) is 0 Å². The molecule has 1 heterocycles. The zero-order valence-corrected chi connectivity index (χ0v) is 9.27. The average Bonchev–Trinajstić information content (AvgIpc) is 2.65. The van der Waals surface area contributed by atoms with Gasteiger partial charge >= 0.3 is 0 Å². The van der Waals surface area contributed by atoms with Gasteiger partial charge in [-0.25, -0.2) is 9.78 Å². The first-order chi connectivity index (χ1) is 7.72. The number of aryl methyl sites for hydroxylation is 1. The maximum absolute atomic E-state index is 10.1. The van der Waals surface area contributed by atoms with Crippen molar-refractivity contribution >= 4 is 23.4 Å². The number of hydrogen-bond donors (Lipinski definition) is 0. The van der Waals surface area contributed by atoms with Crippen LogP contribution in [0.25, 0.3) is 5.69 Å². The molecule has 0 spiro atoms. The third kappa shape index (κ3) is 1.89. The molecule has 0 fully saturated rings. The van der Waals surface area contributed by atoms with Gasteiger partial charge in [-0.05, 0) is 25.1 Å². The van der Waals surface area contributed by atoms with E-state index in [1.54, 1.807) is 24.4 Å². The molecule has 1 aromatic carbocycles. The highest BCUT2D eigenvalue weighted by Crippen LogP contribution is 2.26. The number of nitrogens with zero attached hydrogens (tertiary/aromatic N) is 3. The Kier molecular flexibility index (Phi) is 2.86. The van der Waals surface area contributed by atoms with Crippen LogP contribution in [0.5, 0.6) is 0 Å². The standard InChI is InChI=1S/C11H8ClN3O/c1-8-13-4-5-15(8)11-3-2-9(14-7-16)6-10(11)12/h2-6H,1H3. The first-order valence-electron chi connectivity index (χ1n) is 4.60. The minimum absolute atomic E-state index is 0.488.